The van der Waals surface area contributed by atoms with Crippen LogP contribution in [0.15, 0.2) is 170 Å². The van der Waals surface area contributed by atoms with E-state index in [0.29, 0.717) is 79.8 Å². The third-order valence-electron chi connectivity index (χ3n) is 9.70. The van der Waals surface area contributed by atoms with Crippen molar-refractivity contribution in [3.05, 3.63) is 202 Å². The molecule has 10 heteroatoms. The summed E-state index contributed by atoms with van der Waals surface area (Å²) in [6, 6.07) is 52.1. The number of rotatable bonds is 15. The van der Waals surface area contributed by atoms with Crippen LogP contribution in [-0.2, 0) is 13.1 Å². The van der Waals surface area contributed by atoms with E-state index < -0.39 is 0 Å². The van der Waals surface area contributed by atoms with E-state index in [1.165, 1.54) is 22.7 Å². The van der Waals surface area contributed by atoms with Gasteiger partial charge < -0.3 is 20.0 Å². The molecule has 0 atom stereocenters. The van der Waals surface area contributed by atoms with Gasteiger partial charge in [-0.3, -0.25) is 9.59 Å². The van der Waals surface area contributed by atoms with Gasteiger partial charge in [0, 0.05) is 59.6 Å². The minimum Gasteiger partial charge on any atom is -0.508 e. The molecule has 0 spiro atoms. The maximum atomic E-state index is 14.1. The molecule has 2 heterocycles. The lowest BCUT2D eigenvalue weighted by atomic mass is 10.1. The van der Waals surface area contributed by atoms with E-state index in [2.05, 4.69) is 9.80 Å². The number of phenolic OH excluding ortho intramolecular Hbond substituents is 2. The smallest absolute Gasteiger partial charge is 0.205 e. The topological polar surface area (TPSA) is 107 Å². The van der Waals surface area contributed by atoms with E-state index in [1.54, 1.807) is 24.3 Å². The Morgan fingerprint density at radius 3 is 1.14 bits per heavy atom. The van der Waals surface area contributed by atoms with Gasteiger partial charge in [0.1, 0.15) is 21.3 Å². The number of para-hydroxylation sites is 2. The number of carbonyl (C=O) groups is 2. The quantitative estimate of drug-likeness (QED) is 0.0988. The fraction of sp³-hybridized carbons (Fsp3) is 0.0833. The van der Waals surface area contributed by atoms with Crippen LogP contribution in [0.1, 0.15) is 41.6 Å². The number of aromatic nitrogens is 2. The van der Waals surface area contributed by atoms with Gasteiger partial charge in [0.25, 0.3) is 0 Å². The Labute approximate surface area is 344 Å². The molecule has 0 amide bonds. The van der Waals surface area contributed by atoms with Crippen LogP contribution in [0.4, 0.5) is 10.3 Å². The average molecular weight is 799 g/mol. The number of thiazole rings is 2. The van der Waals surface area contributed by atoms with Crippen molar-refractivity contribution in [1.29, 1.82) is 0 Å². The molecular weight excluding hydrogens is 761 g/mol. The molecule has 2 N–H and O–H groups in total. The minimum absolute atomic E-state index is 0.126. The predicted molar refractivity (Wildman–Crippen MR) is 233 cm³/mol. The summed E-state index contributed by atoms with van der Waals surface area (Å²) >= 11 is 2.63. The van der Waals surface area contributed by atoms with Crippen LogP contribution < -0.4 is 9.80 Å². The molecule has 0 aliphatic carbocycles. The van der Waals surface area contributed by atoms with Crippen molar-refractivity contribution >= 4 is 44.5 Å². The summed E-state index contributed by atoms with van der Waals surface area (Å²) < 4.78 is 0. The number of phenols is 2. The highest BCUT2D eigenvalue weighted by Gasteiger charge is 2.27. The van der Waals surface area contributed by atoms with Gasteiger partial charge in [-0.1, -0.05) is 180 Å². The van der Waals surface area contributed by atoms with Crippen molar-refractivity contribution in [1.82, 2.24) is 9.97 Å². The summed E-state index contributed by atoms with van der Waals surface area (Å²) in [6.07, 6.45) is 0. The number of ketones is 2. The maximum Gasteiger partial charge on any atom is 0.205 e. The van der Waals surface area contributed by atoms with Gasteiger partial charge in [-0.15, -0.1) is 0 Å². The monoisotopic (exact) mass is 798 g/mol. The van der Waals surface area contributed by atoms with Gasteiger partial charge in [-0.05, 0) is 12.1 Å². The molecule has 0 unspecified atom stereocenters. The van der Waals surface area contributed by atoms with Crippen molar-refractivity contribution in [2.75, 3.05) is 22.9 Å². The molecule has 0 saturated carbocycles. The van der Waals surface area contributed by atoms with E-state index in [4.69, 9.17) is 9.97 Å². The second-order valence-electron chi connectivity index (χ2n) is 13.6. The molecule has 0 fully saturated rings. The van der Waals surface area contributed by atoms with Crippen LogP contribution >= 0.6 is 22.7 Å². The first-order chi connectivity index (χ1) is 28.4. The largest absolute Gasteiger partial charge is 0.508 e. The number of hydrogen-bond donors (Lipinski definition) is 2. The fourth-order valence-electron chi connectivity index (χ4n) is 6.65. The highest BCUT2D eigenvalue weighted by atomic mass is 32.1. The summed E-state index contributed by atoms with van der Waals surface area (Å²) in [5.41, 5.74) is 5.32. The molecule has 0 saturated heterocycles. The number of nitrogens with zero attached hydrogens (tertiary/aromatic N) is 4. The third kappa shape index (κ3) is 8.44. The van der Waals surface area contributed by atoms with Crippen LogP contribution in [0.2, 0.25) is 0 Å². The van der Waals surface area contributed by atoms with Crippen LogP contribution in [0.5, 0.6) is 11.5 Å². The van der Waals surface area contributed by atoms with Crippen molar-refractivity contribution in [2.24, 2.45) is 0 Å². The molecule has 6 aromatic carbocycles. The Morgan fingerprint density at radius 2 is 0.776 bits per heavy atom. The van der Waals surface area contributed by atoms with Gasteiger partial charge in [-0.25, -0.2) is 9.97 Å². The lowest BCUT2D eigenvalue weighted by Gasteiger charge is -2.28. The summed E-state index contributed by atoms with van der Waals surface area (Å²) in [6.45, 7) is 1.35. The number of benzene rings is 6. The van der Waals surface area contributed by atoms with Crippen molar-refractivity contribution < 1.29 is 19.8 Å². The highest BCUT2D eigenvalue weighted by molar-refractivity contribution is 7.18. The molecule has 8 rings (SSSR count). The molecule has 8 nitrogen and oxygen atoms in total. The van der Waals surface area contributed by atoms with Gasteiger partial charge >= 0.3 is 0 Å². The molecule has 0 aliphatic rings. The molecule has 58 heavy (non-hydrogen) atoms. The first-order valence-corrected chi connectivity index (χ1v) is 20.4. The molecule has 0 bridgehead atoms. The van der Waals surface area contributed by atoms with Gasteiger partial charge in [0.2, 0.25) is 11.6 Å². The van der Waals surface area contributed by atoms with Crippen molar-refractivity contribution in [2.45, 2.75) is 13.1 Å². The summed E-state index contributed by atoms with van der Waals surface area (Å²) in [5.74, 6) is 0.0448. The summed E-state index contributed by atoms with van der Waals surface area (Å²) in [5, 5.41) is 23.2. The molecular formula is C48H38N4O4S2. The zero-order valence-corrected chi connectivity index (χ0v) is 32.9. The highest BCUT2D eigenvalue weighted by Crippen LogP contribution is 2.38. The Morgan fingerprint density at radius 1 is 0.448 bits per heavy atom. The van der Waals surface area contributed by atoms with Gasteiger partial charge in [0.15, 0.2) is 10.3 Å². The van der Waals surface area contributed by atoms with E-state index >= 15 is 0 Å². The Kier molecular flexibility index (Phi) is 11.5. The first-order valence-electron chi connectivity index (χ1n) is 18.8. The van der Waals surface area contributed by atoms with E-state index in [-0.39, 0.29) is 23.1 Å². The van der Waals surface area contributed by atoms with E-state index in [9.17, 15) is 19.8 Å². The second-order valence-corrected chi connectivity index (χ2v) is 15.5. The summed E-state index contributed by atoms with van der Waals surface area (Å²) in [4.78, 5) is 43.7. The lowest BCUT2D eigenvalue weighted by Crippen LogP contribution is -2.35. The number of hydrogen-bond acceptors (Lipinski definition) is 10. The predicted octanol–water partition coefficient (Wildman–Crippen LogP) is 10.5. The van der Waals surface area contributed by atoms with Crippen LogP contribution in [0.3, 0.4) is 0 Å². The van der Waals surface area contributed by atoms with Crippen LogP contribution in [-0.4, -0.2) is 44.8 Å². The zero-order chi connectivity index (χ0) is 39.8. The number of aromatic hydroxyl groups is 2. The van der Waals surface area contributed by atoms with Crippen molar-refractivity contribution in [3.63, 3.8) is 0 Å². The fourth-order valence-corrected chi connectivity index (χ4v) is 8.80. The minimum atomic E-state index is -0.126. The van der Waals surface area contributed by atoms with E-state index in [0.717, 1.165) is 11.1 Å². The van der Waals surface area contributed by atoms with E-state index in [1.807, 2.05) is 146 Å². The summed E-state index contributed by atoms with van der Waals surface area (Å²) in [7, 11) is 0. The molecule has 286 valence electrons. The Balaban J connectivity index is 1.22. The Hall–Kier alpha value is -6.88. The molecule has 0 aliphatic heterocycles. The normalized spacial score (nSPS) is 11.0. The average Bonchev–Trinajstić information content (AvgIpc) is 3.93. The van der Waals surface area contributed by atoms with Crippen LogP contribution in [0.25, 0.3) is 22.5 Å². The lowest BCUT2D eigenvalue weighted by molar-refractivity contribution is 0.103. The second kappa shape index (κ2) is 17.5. The van der Waals surface area contributed by atoms with Gasteiger partial charge in [-0.2, -0.15) is 0 Å². The number of anilines is 2. The van der Waals surface area contributed by atoms with Crippen LogP contribution in [0, 0.1) is 0 Å². The molecule has 8 aromatic rings. The number of carbonyl (C=O) groups excluding carboxylic acids is 2. The molecule has 0 radical (unpaired) electrons. The first kappa shape index (κ1) is 38.0. The van der Waals surface area contributed by atoms with Crippen molar-refractivity contribution in [3.8, 4) is 34.0 Å². The molecule has 2 aromatic heterocycles. The maximum absolute atomic E-state index is 14.1. The third-order valence-corrected chi connectivity index (χ3v) is 11.9. The van der Waals surface area contributed by atoms with Gasteiger partial charge in [0.05, 0.1) is 11.4 Å². The zero-order valence-electron chi connectivity index (χ0n) is 31.3. The Bertz CT molecular complexity index is 2460. The standard InChI is InChI=1S/C48H38N4O4S2/c53-39-27-15-13-25-37(39)31-51(47-49-41(33-17-5-1-6-18-33)45(57-47)43(55)35-21-9-3-10-22-35)29-30-52(32-38-26-14-16-28-40(38)54)48-50-42(34-19-7-2-8-20-34)46(58-48)44(56)36-23-11-4-12-24-36/h1-28,53-54H,29-32H2. The SMILES string of the molecule is O=C(c1ccccc1)c1sc(N(CCN(Cc2ccccc2O)c2nc(-c3ccccc3)c(C(=O)c3ccccc3)s2)Cc2ccccc2O)nc1-c1ccccc1.